The molecule has 1 rings (SSSR count). The average Bonchev–Trinajstić information content (AvgIpc) is 2.15. The Morgan fingerprint density at radius 3 is 2.36 bits per heavy atom. The van der Waals surface area contributed by atoms with Crippen LogP contribution in [0.1, 0.15) is 31.9 Å². The summed E-state index contributed by atoms with van der Waals surface area (Å²) in [5.74, 6) is 0.851. The molecule has 0 aliphatic carbocycles. The van der Waals surface area contributed by atoms with Gasteiger partial charge < -0.3 is 9.84 Å². The Kier molecular flexibility index (Phi) is 3.17. The molecule has 0 bridgehead atoms. The number of hydrogen-bond acceptors (Lipinski definition) is 2. The van der Waals surface area contributed by atoms with Gasteiger partial charge in [-0.15, -0.1) is 0 Å². The molecule has 0 spiro atoms. The van der Waals surface area contributed by atoms with E-state index in [-0.39, 0.29) is 12.0 Å². The summed E-state index contributed by atoms with van der Waals surface area (Å²) in [4.78, 5) is 0. The minimum atomic E-state index is 0.0563. The fourth-order valence-corrected chi connectivity index (χ4v) is 1.45. The molecule has 0 unspecified atom stereocenters. The standard InChI is InChI=1S/C12H18O2/c1-12(2,3)10-6-5-9(8-13)7-11(10)14-4/h5-7,13H,8H2,1-4H3. The van der Waals surface area contributed by atoms with Gasteiger partial charge in [0.1, 0.15) is 5.75 Å². The van der Waals surface area contributed by atoms with E-state index in [9.17, 15) is 0 Å². The summed E-state index contributed by atoms with van der Waals surface area (Å²) in [6.45, 7) is 6.48. The first-order chi connectivity index (χ1) is 6.49. The first kappa shape index (κ1) is 11.1. The number of aliphatic hydroxyl groups excluding tert-OH is 1. The molecule has 1 aromatic rings. The van der Waals surface area contributed by atoms with Crippen molar-refractivity contribution in [3.05, 3.63) is 29.3 Å². The molecule has 0 radical (unpaired) electrons. The van der Waals surface area contributed by atoms with Crippen molar-refractivity contribution >= 4 is 0 Å². The lowest BCUT2D eigenvalue weighted by molar-refractivity contribution is 0.280. The zero-order valence-corrected chi connectivity index (χ0v) is 9.29. The Hall–Kier alpha value is -1.02. The van der Waals surface area contributed by atoms with E-state index in [4.69, 9.17) is 9.84 Å². The summed E-state index contributed by atoms with van der Waals surface area (Å²) in [6, 6.07) is 5.84. The molecule has 0 fully saturated rings. The van der Waals surface area contributed by atoms with E-state index in [1.54, 1.807) is 7.11 Å². The fraction of sp³-hybridized carbons (Fsp3) is 0.500. The monoisotopic (exact) mass is 194 g/mol. The summed E-state index contributed by atoms with van der Waals surface area (Å²) in [7, 11) is 1.66. The maximum atomic E-state index is 9.00. The highest BCUT2D eigenvalue weighted by Gasteiger charge is 2.18. The zero-order valence-electron chi connectivity index (χ0n) is 9.29. The summed E-state index contributed by atoms with van der Waals surface area (Å²) < 4.78 is 5.30. The Morgan fingerprint density at radius 1 is 1.29 bits per heavy atom. The van der Waals surface area contributed by atoms with Gasteiger partial charge in [-0.3, -0.25) is 0 Å². The lowest BCUT2D eigenvalue weighted by Gasteiger charge is -2.22. The van der Waals surface area contributed by atoms with Gasteiger partial charge in [0, 0.05) is 0 Å². The maximum Gasteiger partial charge on any atom is 0.122 e. The van der Waals surface area contributed by atoms with Crippen LogP contribution in [0.25, 0.3) is 0 Å². The van der Waals surface area contributed by atoms with Crippen LogP contribution in [0.15, 0.2) is 18.2 Å². The molecular weight excluding hydrogens is 176 g/mol. The van der Waals surface area contributed by atoms with Gasteiger partial charge in [0.05, 0.1) is 13.7 Å². The van der Waals surface area contributed by atoms with Crippen LogP contribution in [0.4, 0.5) is 0 Å². The van der Waals surface area contributed by atoms with E-state index >= 15 is 0 Å². The second kappa shape index (κ2) is 4.01. The quantitative estimate of drug-likeness (QED) is 0.783. The third-order valence-corrected chi connectivity index (χ3v) is 2.26. The second-order valence-electron chi connectivity index (χ2n) is 4.44. The number of methoxy groups -OCH3 is 1. The molecule has 0 saturated carbocycles. The SMILES string of the molecule is COc1cc(CO)ccc1C(C)(C)C. The van der Waals surface area contributed by atoms with Gasteiger partial charge in [-0.1, -0.05) is 32.9 Å². The Labute approximate surface area is 85.5 Å². The minimum Gasteiger partial charge on any atom is -0.496 e. The molecule has 0 saturated heterocycles. The Bertz CT molecular complexity index is 311. The van der Waals surface area contributed by atoms with E-state index in [0.29, 0.717) is 0 Å². The predicted octanol–water partition coefficient (Wildman–Crippen LogP) is 2.49. The van der Waals surface area contributed by atoms with Crippen molar-refractivity contribution in [1.82, 2.24) is 0 Å². The van der Waals surface area contributed by atoms with Crippen LogP contribution >= 0.6 is 0 Å². The molecule has 0 aliphatic rings. The van der Waals surface area contributed by atoms with Gasteiger partial charge in [-0.05, 0) is 22.6 Å². The maximum absolute atomic E-state index is 9.00. The van der Waals surface area contributed by atoms with E-state index in [2.05, 4.69) is 20.8 Å². The number of benzene rings is 1. The van der Waals surface area contributed by atoms with Crippen molar-refractivity contribution in [2.45, 2.75) is 32.8 Å². The third-order valence-electron chi connectivity index (χ3n) is 2.26. The molecule has 2 nitrogen and oxygen atoms in total. The van der Waals surface area contributed by atoms with E-state index in [0.717, 1.165) is 16.9 Å². The highest BCUT2D eigenvalue weighted by molar-refractivity contribution is 5.41. The molecule has 0 amide bonds. The molecular formula is C12H18O2. The summed E-state index contributed by atoms with van der Waals surface area (Å²) in [5.41, 5.74) is 2.12. The normalized spacial score (nSPS) is 11.5. The molecule has 1 aromatic carbocycles. The topological polar surface area (TPSA) is 29.5 Å². The van der Waals surface area contributed by atoms with E-state index in [1.807, 2.05) is 18.2 Å². The van der Waals surface area contributed by atoms with Gasteiger partial charge in [-0.2, -0.15) is 0 Å². The van der Waals surface area contributed by atoms with Crippen LogP contribution in [0.3, 0.4) is 0 Å². The first-order valence-corrected chi connectivity index (χ1v) is 4.77. The van der Waals surface area contributed by atoms with Gasteiger partial charge in [0.2, 0.25) is 0 Å². The summed E-state index contributed by atoms with van der Waals surface area (Å²) in [5, 5.41) is 9.00. The molecule has 14 heavy (non-hydrogen) atoms. The molecule has 0 aliphatic heterocycles. The van der Waals surface area contributed by atoms with Gasteiger partial charge >= 0.3 is 0 Å². The molecule has 0 aromatic heterocycles. The van der Waals surface area contributed by atoms with Crippen molar-refractivity contribution in [2.24, 2.45) is 0 Å². The number of rotatable bonds is 2. The number of aliphatic hydroxyl groups is 1. The lowest BCUT2D eigenvalue weighted by Crippen LogP contribution is -2.12. The van der Waals surface area contributed by atoms with Gasteiger partial charge in [0.25, 0.3) is 0 Å². The van der Waals surface area contributed by atoms with Crippen LogP contribution in [-0.2, 0) is 12.0 Å². The Morgan fingerprint density at radius 2 is 1.93 bits per heavy atom. The smallest absolute Gasteiger partial charge is 0.122 e. The van der Waals surface area contributed by atoms with Crippen molar-refractivity contribution in [2.75, 3.05) is 7.11 Å². The molecule has 78 valence electrons. The highest BCUT2D eigenvalue weighted by atomic mass is 16.5. The third kappa shape index (κ3) is 2.26. The summed E-state index contributed by atoms with van der Waals surface area (Å²) in [6.07, 6.45) is 0. The van der Waals surface area contributed by atoms with E-state index in [1.165, 1.54) is 0 Å². The van der Waals surface area contributed by atoms with Crippen molar-refractivity contribution in [3.63, 3.8) is 0 Å². The van der Waals surface area contributed by atoms with Crippen LogP contribution in [0.2, 0.25) is 0 Å². The number of ether oxygens (including phenoxy) is 1. The number of hydrogen-bond donors (Lipinski definition) is 1. The average molecular weight is 194 g/mol. The molecule has 1 N–H and O–H groups in total. The predicted molar refractivity (Wildman–Crippen MR) is 57.6 cm³/mol. The van der Waals surface area contributed by atoms with Crippen LogP contribution in [-0.4, -0.2) is 12.2 Å². The molecule has 0 atom stereocenters. The zero-order chi connectivity index (χ0) is 10.8. The first-order valence-electron chi connectivity index (χ1n) is 4.77. The molecule has 0 heterocycles. The summed E-state index contributed by atoms with van der Waals surface area (Å²) >= 11 is 0. The van der Waals surface area contributed by atoms with Crippen molar-refractivity contribution in [3.8, 4) is 5.75 Å². The van der Waals surface area contributed by atoms with Crippen molar-refractivity contribution in [1.29, 1.82) is 0 Å². The second-order valence-corrected chi connectivity index (χ2v) is 4.44. The van der Waals surface area contributed by atoms with Crippen LogP contribution in [0.5, 0.6) is 5.75 Å². The van der Waals surface area contributed by atoms with Gasteiger partial charge in [0.15, 0.2) is 0 Å². The largest absolute Gasteiger partial charge is 0.496 e. The van der Waals surface area contributed by atoms with E-state index < -0.39 is 0 Å². The van der Waals surface area contributed by atoms with Crippen molar-refractivity contribution < 1.29 is 9.84 Å². The van der Waals surface area contributed by atoms with Crippen LogP contribution < -0.4 is 4.74 Å². The lowest BCUT2D eigenvalue weighted by atomic mass is 9.86. The highest BCUT2D eigenvalue weighted by Crippen LogP contribution is 2.31. The fourth-order valence-electron chi connectivity index (χ4n) is 1.45. The molecule has 2 heteroatoms. The minimum absolute atomic E-state index is 0.0563. The van der Waals surface area contributed by atoms with Gasteiger partial charge in [-0.25, -0.2) is 0 Å². The Balaban J connectivity index is 3.18. The van der Waals surface area contributed by atoms with Crippen LogP contribution in [0, 0.1) is 0 Å².